The highest BCUT2D eigenvalue weighted by molar-refractivity contribution is 5.41. The summed E-state index contributed by atoms with van der Waals surface area (Å²) in [6, 6.07) is 6.38. The van der Waals surface area contributed by atoms with Crippen molar-refractivity contribution in [2.24, 2.45) is 11.7 Å². The van der Waals surface area contributed by atoms with Gasteiger partial charge >= 0.3 is 0 Å². The molecule has 118 valence electrons. The summed E-state index contributed by atoms with van der Waals surface area (Å²) in [6.45, 7) is 9.09. The van der Waals surface area contributed by atoms with Gasteiger partial charge in [0.1, 0.15) is 12.4 Å². The minimum absolute atomic E-state index is 0.0183. The molecule has 21 heavy (non-hydrogen) atoms. The van der Waals surface area contributed by atoms with Crippen LogP contribution in [0.4, 0.5) is 0 Å². The van der Waals surface area contributed by atoms with E-state index in [1.54, 1.807) is 0 Å². The van der Waals surface area contributed by atoms with Crippen molar-refractivity contribution in [1.82, 2.24) is 0 Å². The number of hydrogen-bond acceptors (Lipinski definition) is 3. The van der Waals surface area contributed by atoms with Crippen LogP contribution < -0.4 is 10.5 Å². The van der Waals surface area contributed by atoms with Gasteiger partial charge in [0, 0.05) is 0 Å². The van der Waals surface area contributed by atoms with E-state index in [0.717, 1.165) is 25.0 Å². The molecule has 0 spiro atoms. The van der Waals surface area contributed by atoms with Crippen LogP contribution in [0.1, 0.15) is 51.7 Å². The van der Waals surface area contributed by atoms with Gasteiger partial charge in [-0.15, -0.1) is 0 Å². The Bertz CT molecular complexity index is 488. The second-order valence-electron chi connectivity index (χ2n) is 7.39. The van der Waals surface area contributed by atoms with Crippen molar-refractivity contribution >= 4 is 0 Å². The summed E-state index contributed by atoms with van der Waals surface area (Å²) in [6.07, 6.45) is 3.21. The molecule has 0 aliphatic heterocycles. The molecule has 1 aliphatic rings. The van der Waals surface area contributed by atoms with E-state index in [9.17, 15) is 5.11 Å². The summed E-state index contributed by atoms with van der Waals surface area (Å²) in [4.78, 5) is 0. The van der Waals surface area contributed by atoms with E-state index in [-0.39, 0.29) is 12.0 Å². The lowest BCUT2D eigenvalue weighted by molar-refractivity contribution is 0.115. The Morgan fingerprint density at radius 1 is 1.29 bits per heavy atom. The van der Waals surface area contributed by atoms with Gasteiger partial charge in [0.15, 0.2) is 0 Å². The van der Waals surface area contributed by atoms with Gasteiger partial charge in [-0.1, -0.05) is 39.8 Å². The third-order valence-electron chi connectivity index (χ3n) is 4.44. The maximum Gasteiger partial charge on any atom is 0.123 e. The highest BCUT2D eigenvalue weighted by atomic mass is 16.5. The van der Waals surface area contributed by atoms with Crippen molar-refractivity contribution in [1.29, 1.82) is 0 Å². The standard InChI is InChI=1S/C18H29NO2/c1-5-13-6-9-16(15(10-13)17(2,3)4)21-12-18(19,11-20)14-7-8-14/h6,9-10,14,20H,5,7-8,11-12,19H2,1-4H3. The minimum Gasteiger partial charge on any atom is -0.491 e. The number of hydrogen-bond donors (Lipinski definition) is 2. The first-order valence-electron chi connectivity index (χ1n) is 7.96. The average Bonchev–Trinajstić information content (AvgIpc) is 3.28. The van der Waals surface area contributed by atoms with E-state index in [4.69, 9.17) is 10.5 Å². The fraction of sp³-hybridized carbons (Fsp3) is 0.667. The first-order chi connectivity index (χ1) is 9.80. The molecule has 3 nitrogen and oxygen atoms in total. The summed E-state index contributed by atoms with van der Waals surface area (Å²) in [5.41, 5.74) is 8.24. The highest BCUT2D eigenvalue weighted by Gasteiger charge is 2.42. The second-order valence-corrected chi connectivity index (χ2v) is 7.39. The molecule has 1 aliphatic carbocycles. The molecule has 0 bridgehead atoms. The van der Waals surface area contributed by atoms with Crippen LogP contribution in [-0.4, -0.2) is 23.9 Å². The van der Waals surface area contributed by atoms with Crippen molar-refractivity contribution in [3.8, 4) is 5.75 Å². The number of nitrogens with two attached hydrogens (primary N) is 1. The van der Waals surface area contributed by atoms with Gasteiger partial charge in [-0.3, -0.25) is 0 Å². The molecule has 1 aromatic rings. The normalized spacial score (nSPS) is 18.4. The molecule has 0 radical (unpaired) electrons. The molecular weight excluding hydrogens is 262 g/mol. The first-order valence-corrected chi connectivity index (χ1v) is 7.96. The van der Waals surface area contributed by atoms with E-state index in [2.05, 4.69) is 39.8 Å². The van der Waals surface area contributed by atoms with Crippen LogP contribution in [0, 0.1) is 5.92 Å². The number of ether oxygens (including phenoxy) is 1. The van der Waals surface area contributed by atoms with E-state index < -0.39 is 5.54 Å². The Morgan fingerprint density at radius 2 is 1.95 bits per heavy atom. The van der Waals surface area contributed by atoms with Crippen molar-refractivity contribution in [3.05, 3.63) is 29.3 Å². The molecule has 0 saturated heterocycles. The summed E-state index contributed by atoms with van der Waals surface area (Å²) in [5.74, 6) is 1.29. The number of rotatable bonds is 6. The molecule has 1 unspecified atom stereocenters. The highest BCUT2D eigenvalue weighted by Crippen LogP contribution is 2.39. The van der Waals surface area contributed by atoms with Crippen LogP contribution in [0.5, 0.6) is 5.75 Å². The molecule has 0 heterocycles. The van der Waals surface area contributed by atoms with E-state index in [0.29, 0.717) is 12.5 Å². The lowest BCUT2D eigenvalue weighted by Crippen LogP contribution is -2.51. The van der Waals surface area contributed by atoms with Crippen LogP contribution in [0.25, 0.3) is 0 Å². The van der Waals surface area contributed by atoms with Gasteiger partial charge in [0.05, 0.1) is 12.1 Å². The van der Waals surface area contributed by atoms with Gasteiger partial charge in [-0.25, -0.2) is 0 Å². The predicted octanol–water partition coefficient (Wildman–Crippen LogP) is 3.03. The van der Waals surface area contributed by atoms with E-state index in [1.165, 1.54) is 11.1 Å². The van der Waals surface area contributed by atoms with Crippen LogP contribution in [0.15, 0.2) is 18.2 Å². The Morgan fingerprint density at radius 3 is 2.43 bits per heavy atom. The fourth-order valence-electron chi connectivity index (χ4n) is 2.67. The molecule has 1 aromatic carbocycles. The van der Waals surface area contributed by atoms with Crippen LogP contribution in [0.3, 0.4) is 0 Å². The number of aliphatic hydroxyl groups excluding tert-OH is 1. The van der Waals surface area contributed by atoms with Crippen LogP contribution >= 0.6 is 0 Å². The van der Waals surface area contributed by atoms with Gasteiger partial charge in [-0.05, 0) is 47.8 Å². The van der Waals surface area contributed by atoms with Gasteiger partial charge < -0.3 is 15.6 Å². The molecule has 0 amide bonds. The molecule has 1 fully saturated rings. The smallest absolute Gasteiger partial charge is 0.123 e. The van der Waals surface area contributed by atoms with E-state index in [1.807, 2.05) is 6.07 Å². The predicted molar refractivity (Wildman–Crippen MR) is 86.7 cm³/mol. The third-order valence-corrected chi connectivity index (χ3v) is 4.44. The number of benzene rings is 1. The Labute approximate surface area is 128 Å². The summed E-state index contributed by atoms with van der Waals surface area (Å²) < 4.78 is 6.04. The largest absolute Gasteiger partial charge is 0.491 e. The van der Waals surface area contributed by atoms with Crippen molar-refractivity contribution in [2.75, 3.05) is 13.2 Å². The molecule has 3 heteroatoms. The van der Waals surface area contributed by atoms with Crippen molar-refractivity contribution < 1.29 is 9.84 Å². The average molecular weight is 291 g/mol. The molecule has 3 N–H and O–H groups in total. The Hall–Kier alpha value is -1.06. The fourth-order valence-corrected chi connectivity index (χ4v) is 2.67. The first kappa shape index (κ1) is 16.3. The second kappa shape index (κ2) is 5.98. The zero-order valence-electron chi connectivity index (χ0n) is 13.8. The van der Waals surface area contributed by atoms with Gasteiger partial charge in [0.25, 0.3) is 0 Å². The maximum absolute atomic E-state index is 9.58. The molecular formula is C18H29NO2. The van der Waals surface area contributed by atoms with Gasteiger partial charge in [-0.2, -0.15) is 0 Å². The van der Waals surface area contributed by atoms with Crippen LogP contribution in [0.2, 0.25) is 0 Å². The zero-order chi connectivity index (χ0) is 15.7. The third kappa shape index (κ3) is 3.78. The molecule has 2 rings (SSSR count). The van der Waals surface area contributed by atoms with Crippen molar-refractivity contribution in [3.63, 3.8) is 0 Å². The van der Waals surface area contributed by atoms with Gasteiger partial charge in [0.2, 0.25) is 0 Å². The van der Waals surface area contributed by atoms with Crippen molar-refractivity contribution in [2.45, 2.75) is 57.9 Å². The Kier molecular flexibility index (Phi) is 4.64. The lowest BCUT2D eigenvalue weighted by atomic mass is 9.85. The number of aryl methyl sites for hydroxylation is 1. The summed E-state index contributed by atoms with van der Waals surface area (Å²) in [5, 5.41) is 9.58. The number of aliphatic hydroxyl groups is 1. The zero-order valence-corrected chi connectivity index (χ0v) is 13.8. The SMILES string of the molecule is CCc1ccc(OCC(N)(CO)C2CC2)c(C(C)(C)C)c1. The minimum atomic E-state index is -0.599. The summed E-state index contributed by atoms with van der Waals surface area (Å²) in [7, 11) is 0. The van der Waals surface area contributed by atoms with E-state index >= 15 is 0 Å². The monoisotopic (exact) mass is 291 g/mol. The summed E-state index contributed by atoms with van der Waals surface area (Å²) >= 11 is 0. The quantitative estimate of drug-likeness (QED) is 0.847. The Balaban J connectivity index is 2.19. The maximum atomic E-state index is 9.58. The lowest BCUT2D eigenvalue weighted by Gasteiger charge is -2.29. The topological polar surface area (TPSA) is 55.5 Å². The molecule has 0 aromatic heterocycles. The molecule has 1 atom stereocenters. The van der Waals surface area contributed by atoms with Crippen LogP contribution in [-0.2, 0) is 11.8 Å². The molecule has 1 saturated carbocycles.